The standard InChI is InChI=1S/C13H12BrFN2O2S/c1-8-6-9(15)2-5-13(8)20(18,19)17-10-3-4-12(16)11(14)7-10/h2-7,17H,16H2,1H3. The van der Waals surface area contributed by atoms with Gasteiger partial charge in [-0.15, -0.1) is 0 Å². The number of benzene rings is 2. The Balaban J connectivity index is 2.38. The zero-order valence-corrected chi connectivity index (χ0v) is 12.9. The van der Waals surface area contributed by atoms with Gasteiger partial charge in [-0.05, 0) is 64.8 Å². The first-order valence-electron chi connectivity index (χ1n) is 5.63. The normalized spacial score (nSPS) is 11.3. The van der Waals surface area contributed by atoms with Crippen LogP contribution in [0.5, 0.6) is 0 Å². The molecule has 106 valence electrons. The topological polar surface area (TPSA) is 72.2 Å². The first-order valence-corrected chi connectivity index (χ1v) is 7.91. The molecule has 0 fully saturated rings. The van der Waals surface area contributed by atoms with Crippen LogP contribution in [0.3, 0.4) is 0 Å². The number of rotatable bonds is 3. The third kappa shape index (κ3) is 3.10. The highest BCUT2D eigenvalue weighted by atomic mass is 79.9. The van der Waals surface area contributed by atoms with Crippen molar-refractivity contribution in [2.24, 2.45) is 0 Å². The van der Waals surface area contributed by atoms with E-state index in [4.69, 9.17) is 5.73 Å². The Bertz CT molecular complexity index is 763. The molecule has 0 spiro atoms. The fourth-order valence-electron chi connectivity index (χ4n) is 1.72. The predicted molar refractivity (Wildman–Crippen MR) is 80.5 cm³/mol. The fraction of sp³-hybridized carbons (Fsp3) is 0.0769. The molecule has 0 aliphatic carbocycles. The van der Waals surface area contributed by atoms with Gasteiger partial charge in [-0.2, -0.15) is 0 Å². The smallest absolute Gasteiger partial charge is 0.262 e. The second-order valence-electron chi connectivity index (χ2n) is 4.25. The molecule has 0 aliphatic heterocycles. The van der Waals surface area contributed by atoms with Crippen molar-refractivity contribution in [3.05, 3.63) is 52.3 Å². The fourth-order valence-corrected chi connectivity index (χ4v) is 3.37. The van der Waals surface area contributed by atoms with Crippen molar-refractivity contribution < 1.29 is 12.8 Å². The van der Waals surface area contributed by atoms with Crippen LogP contribution in [0.2, 0.25) is 0 Å². The summed E-state index contributed by atoms with van der Waals surface area (Å²) in [6.45, 7) is 1.54. The van der Waals surface area contributed by atoms with Crippen molar-refractivity contribution in [1.29, 1.82) is 0 Å². The van der Waals surface area contributed by atoms with Crippen LogP contribution in [0.15, 0.2) is 45.8 Å². The predicted octanol–water partition coefficient (Wildman–Crippen LogP) is 3.28. The van der Waals surface area contributed by atoms with E-state index in [2.05, 4.69) is 20.7 Å². The molecule has 0 bridgehead atoms. The highest BCUT2D eigenvalue weighted by Crippen LogP contribution is 2.26. The van der Waals surface area contributed by atoms with E-state index in [1.165, 1.54) is 19.1 Å². The maximum Gasteiger partial charge on any atom is 0.262 e. The third-order valence-electron chi connectivity index (χ3n) is 2.68. The highest BCUT2D eigenvalue weighted by molar-refractivity contribution is 9.10. The lowest BCUT2D eigenvalue weighted by molar-refractivity contribution is 0.598. The summed E-state index contributed by atoms with van der Waals surface area (Å²) in [4.78, 5) is 0.0341. The molecule has 2 aromatic carbocycles. The van der Waals surface area contributed by atoms with Crippen LogP contribution >= 0.6 is 15.9 Å². The molecule has 2 aromatic rings. The van der Waals surface area contributed by atoms with Crippen molar-refractivity contribution in [2.45, 2.75) is 11.8 Å². The molecule has 0 aromatic heterocycles. The minimum absolute atomic E-state index is 0.0341. The molecule has 20 heavy (non-hydrogen) atoms. The Kier molecular flexibility index (Phi) is 4.01. The van der Waals surface area contributed by atoms with Crippen LogP contribution < -0.4 is 10.5 Å². The first kappa shape index (κ1) is 14.8. The molecule has 7 heteroatoms. The summed E-state index contributed by atoms with van der Waals surface area (Å²) in [5.41, 5.74) is 6.85. The summed E-state index contributed by atoms with van der Waals surface area (Å²) in [7, 11) is -3.77. The Morgan fingerprint density at radius 1 is 1.20 bits per heavy atom. The van der Waals surface area contributed by atoms with Crippen molar-refractivity contribution in [2.75, 3.05) is 10.5 Å². The van der Waals surface area contributed by atoms with Crippen LogP contribution in [0, 0.1) is 12.7 Å². The Hall–Kier alpha value is -1.60. The average Bonchev–Trinajstić information content (AvgIpc) is 2.33. The zero-order valence-electron chi connectivity index (χ0n) is 10.5. The molecule has 0 amide bonds. The number of nitrogens with two attached hydrogens (primary N) is 1. The monoisotopic (exact) mass is 358 g/mol. The molecular formula is C13H12BrFN2O2S. The summed E-state index contributed by atoms with van der Waals surface area (Å²) in [6.07, 6.45) is 0. The molecule has 4 nitrogen and oxygen atoms in total. The Labute approximate surface area is 125 Å². The molecule has 0 aliphatic rings. The lowest BCUT2D eigenvalue weighted by Crippen LogP contribution is -2.14. The van der Waals surface area contributed by atoms with Gasteiger partial charge >= 0.3 is 0 Å². The Morgan fingerprint density at radius 3 is 2.50 bits per heavy atom. The number of anilines is 2. The molecule has 0 heterocycles. The van der Waals surface area contributed by atoms with E-state index in [1.54, 1.807) is 18.2 Å². The second-order valence-corrected chi connectivity index (χ2v) is 6.76. The van der Waals surface area contributed by atoms with Crippen LogP contribution in [-0.2, 0) is 10.0 Å². The summed E-state index contributed by atoms with van der Waals surface area (Å²) in [6, 6.07) is 8.22. The summed E-state index contributed by atoms with van der Waals surface area (Å²) < 4.78 is 40.5. The molecule has 0 unspecified atom stereocenters. The molecule has 0 saturated heterocycles. The SMILES string of the molecule is Cc1cc(F)ccc1S(=O)(=O)Nc1ccc(N)c(Br)c1. The van der Waals surface area contributed by atoms with Crippen LogP contribution in [0.1, 0.15) is 5.56 Å². The maximum absolute atomic E-state index is 13.0. The van der Waals surface area contributed by atoms with Crippen LogP contribution in [0.25, 0.3) is 0 Å². The van der Waals surface area contributed by atoms with Gasteiger partial charge in [-0.3, -0.25) is 4.72 Å². The lowest BCUT2D eigenvalue weighted by atomic mass is 10.2. The maximum atomic E-state index is 13.0. The molecule has 0 radical (unpaired) electrons. The van der Waals surface area contributed by atoms with Crippen molar-refractivity contribution in [1.82, 2.24) is 0 Å². The minimum Gasteiger partial charge on any atom is -0.398 e. The van der Waals surface area contributed by atoms with E-state index in [0.717, 1.165) is 6.07 Å². The van der Waals surface area contributed by atoms with E-state index >= 15 is 0 Å². The quantitative estimate of drug-likeness (QED) is 0.827. The van der Waals surface area contributed by atoms with Gasteiger partial charge in [0.2, 0.25) is 0 Å². The van der Waals surface area contributed by atoms with Crippen molar-refractivity contribution in [3.8, 4) is 0 Å². The van der Waals surface area contributed by atoms with Gasteiger partial charge in [-0.25, -0.2) is 12.8 Å². The van der Waals surface area contributed by atoms with Gasteiger partial charge < -0.3 is 5.73 Å². The highest BCUT2D eigenvalue weighted by Gasteiger charge is 2.17. The van der Waals surface area contributed by atoms with Crippen LogP contribution in [0.4, 0.5) is 15.8 Å². The van der Waals surface area contributed by atoms with Gasteiger partial charge in [0, 0.05) is 10.2 Å². The third-order valence-corrected chi connectivity index (χ3v) is 4.91. The number of nitrogen functional groups attached to an aromatic ring is 1. The average molecular weight is 359 g/mol. The number of hydrogen-bond acceptors (Lipinski definition) is 3. The van der Waals surface area contributed by atoms with E-state index in [0.29, 0.717) is 21.4 Å². The Morgan fingerprint density at radius 2 is 1.90 bits per heavy atom. The molecule has 0 atom stereocenters. The summed E-state index contributed by atoms with van der Waals surface area (Å²) >= 11 is 3.22. The van der Waals surface area contributed by atoms with Crippen LogP contribution in [-0.4, -0.2) is 8.42 Å². The van der Waals surface area contributed by atoms with E-state index in [1.807, 2.05) is 0 Å². The second kappa shape index (κ2) is 5.41. The summed E-state index contributed by atoms with van der Waals surface area (Å²) in [5.74, 6) is -0.475. The summed E-state index contributed by atoms with van der Waals surface area (Å²) in [5, 5.41) is 0. The van der Waals surface area contributed by atoms with Crippen molar-refractivity contribution >= 4 is 37.3 Å². The van der Waals surface area contributed by atoms with E-state index in [-0.39, 0.29) is 4.90 Å². The number of aryl methyl sites for hydroxylation is 1. The molecule has 0 saturated carbocycles. The van der Waals surface area contributed by atoms with E-state index in [9.17, 15) is 12.8 Å². The van der Waals surface area contributed by atoms with Gasteiger partial charge in [-0.1, -0.05) is 0 Å². The number of halogens is 2. The molecular weight excluding hydrogens is 347 g/mol. The largest absolute Gasteiger partial charge is 0.398 e. The van der Waals surface area contributed by atoms with Crippen molar-refractivity contribution in [3.63, 3.8) is 0 Å². The lowest BCUT2D eigenvalue weighted by Gasteiger charge is -2.11. The van der Waals surface area contributed by atoms with Gasteiger partial charge in [0.05, 0.1) is 10.6 Å². The van der Waals surface area contributed by atoms with Gasteiger partial charge in [0.15, 0.2) is 0 Å². The zero-order chi connectivity index (χ0) is 14.9. The molecule has 3 N–H and O–H groups in total. The first-order chi connectivity index (χ1) is 9.29. The number of nitrogens with one attached hydrogen (secondary N) is 1. The van der Waals surface area contributed by atoms with Gasteiger partial charge in [0.1, 0.15) is 5.82 Å². The number of hydrogen-bond donors (Lipinski definition) is 2. The van der Waals surface area contributed by atoms with E-state index < -0.39 is 15.8 Å². The van der Waals surface area contributed by atoms with Gasteiger partial charge in [0.25, 0.3) is 10.0 Å². The molecule has 2 rings (SSSR count). The number of sulfonamides is 1. The minimum atomic E-state index is -3.77.